The minimum atomic E-state index is 0.662. The molecule has 0 saturated carbocycles. The van der Waals surface area contributed by atoms with Gasteiger partial charge in [0.1, 0.15) is 0 Å². The highest BCUT2D eigenvalue weighted by atomic mass is 32.1. The number of allylic oxidation sites excluding steroid dienone is 7. The minimum absolute atomic E-state index is 0.662. The van der Waals surface area contributed by atoms with Gasteiger partial charge in [0.05, 0.1) is 11.7 Å². The maximum Gasteiger partial charge on any atom is 0.0676 e. The number of rotatable bonds is 11. The summed E-state index contributed by atoms with van der Waals surface area (Å²) in [7, 11) is 0. The molecule has 1 nitrogen and oxygen atoms in total. The molecule has 0 atom stereocenters. The quantitative estimate of drug-likeness (QED) is 0.221. The van der Waals surface area contributed by atoms with Crippen LogP contribution in [0.4, 0.5) is 0 Å². The molecule has 0 aromatic rings. The lowest BCUT2D eigenvalue weighted by Crippen LogP contribution is -1.83. The van der Waals surface area contributed by atoms with Crippen LogP contribution in [-0.4, -0.2) is 11.7 Å². The van der Waals surface area contributed by atoms with E-state index in [4.69, 9.17) is 0 Å². The number of nitrogens with zero attached hydrogens (tertiary/aromatic N) is 1. The van der Waals surface area contributed by atoms with Gasteiger partial charge in [0.2, 0.25) is 0 Å². The van der Waals surface area contributed by atoms with Crippen molar-refractivity contribution in [2.75, 3.05) is 6.54 Å². The molecule has 0 aliphatic heterocycles. The van der Waals surface area contributed by atoms with Gasteiger partial charge in [-0.15, -0.1) is 0 Å². The maximum absolute atomic E-state index is 4.56. The predicted octanol–water partition coefficient (Wildman–Crippen LogP) is 7.23. The second kappa shape index (κ2) is 14.4. The molecule has 0 aromatic heterocycles. The maximum atomic E-state index is 4.56. The smallest absolute Gasteiger partial charge is 0.0676 e. The van der Waals surface area contributed by atoms with Crippen LogP contribution in [0.2, 0.25) is 0 Å². The summed E-state index contributed by atoms with van der Waals surface area (Å²) < 4.78 is 0. The topological polar surface area (TPSA) is 12.4 Å². The van der Waals surface area contributed by atoms with Crippen LogP contribution < -0.4 is 0 Å². The molecular formula is C21H33NS. The zero-order chi connectivity index (χ0) is 17.5. The van der Waals surface area contributed by atoms with Crippen molar-refractivity contribution >= 4 is 17.4 Å². The van der Waals surface area contributed by atoms with Crippen LogP contribution in [0.5, 0.6) is 0 Å². The van der Waals surface area contributed by atoms with Gasteiger partial charge < -0.3 is 0 Å². The van der Waals surface area contributed by atoms with E-state index >= 15 is 0 Å². The summed E-state index contributed by atoms with van der Waals surface area (Å²) >= 11 is 4.56. The number of aliphatic imine (C=N–C) groups is 1. The average molecular weight is 332 g/mol. The van der Waals surface area contributed by atoms with Crippen LogP contribution in [0, 0.1) is 0 Å². The van der Waals surface area contributed by atoms with Crippen molar-refractivity contribution in [3.8, 4) is 0 Å². The Hall–Kier alpha value is -1.24. The lowest BCUT2D eigenvalue weighted by molar-refractivity contribution is 0.898. The third kappa shape index (κ3) is 15.4. The van der Waals surface area contributed by atoms with E-state index in [9.17, 15) is 0 Å². The molecule has 0 rings (SSSR count). The molecule has 0 heterocycles. The molecule has 0 amide bonds. The van der Waals surface area contributed by atoms with E-state index in [2.05, 4.69) is 81.3 Å². The first kappa shape index (κ1) is 21.8. The lowest BCUT2D eigenvalue weighted by Gasteiger charge is -2.02. The lowest BCUT2D eigenvalue weighted by atomic mass is 10.0. The van der Waals surface area contributed by atoms with Crippen molar-refractivity contribution in [3.63, 3.8) is 0 Å². The van der Waals surface area contributed by atoms with Gasteiger partial charge in [0, 0.05) is 0 Å². The van der Waals surface area contributed by atoms with Gasteiger partial charge in [-0.25, -0.2) is 4.99 Å². The third-order valence-electron chi connectivity index (χ3n) is 3.75. The first-order valence-corrected chi connectivity index (χ1v) is 9.00. The van der Waals surface area contributed by atoms with Gasteiger partial charge in [-0.3, -0.25) is 0 Å². The van der Waals surface area contributed by atoms with Crippen LogP contribution in [0.15, 0.2) is 51.6 Å². The summed E-state index contributed by atoms with van der Waals surface area (Å²) in [6, 6.07) is 0. The number of thiocarbonyl (C=S) groups is 1. The van der Waals surface area contributed by atoms with Crippen molar-refractivity contribution in [3.05, 3.63) is 46.6 Å². The van der Waals surface area contributed by atoms with E-state index in [-0.39, 0.29) is 0 Å². The summed E-state index contributed by atoms with van der Waals surface area (Å²) in [5.74, 6) is 0. The summed E-state index contributed by atoms with van der Waals surface area (Å²) in [5.41, 5.74) is 5.78. The van der Waals surface area contributed by atoms with Crippen molar-refractivity contribution < 1.29 is 0 Å². The van der Waals surface area contributed by atoms with Gasteiger partial charge in [0.25, 0.3) is 0 Å². The molecule has 0 bridgehead atoms. The molecule has 0 aromatic carbocycles. The molecule has 0 N–H and O–H groups in total. The van der Waals surface area contributed by atoms with Gasteiger partial charge in [-0.2, -0.15) is 0 Å². The fraction of sp³-hybridized carbons (Fsp3) is 0.571. The van der Waals surface area contributed by atoms with Crippen molar-refractivity contribution in [1.82, 2.24) is 0 Å². The Morgan fingerprint density at radius 1 is 0.739 bits per heavy atom. The van der Waals surface area contributed by atoms with Crippen molar-refractivity contribution in [2.45, 2.75) is 73.1 Å². The van der Waals surface area contributed by atoms with E-state index in [0.29, 0.717) is 6.54 Å². The third-order valence-corrected chi connectivity index (χ3v) is 3.88. The fourth-order valence-corrected chi connectivity index (χ4v) is 2.30. The number of hydrogen-bond acceptors (Lipinski definition) is 2. The molecule has 0 aliphatic carbocycles. The summed E-state index contributed by atoms with van der Waals surface area (Å²) in [4.78, 5) is 3.91. The Bertz CT molecular complexity index is 496. The normalized spacial score (nSPS) is 12.8. The fourth-order valence-electron chi connectivity index (χ4n) is 2.23. The number of isothiocyanates is 1. The summed E-state index contributed by atoms with van der Waals surface area (Å²) in [6.07, 6.45) is 16.1. The molecule has 2 heteroatoms. The van der Waals surface area contributed by atoms with Gasteiger partial charge in [0.15, 0.2) is 0 Å². The second-order valence-corrected chi connectivity index (χ2v) is 6.66. The van der Waals surface area contributed by atoms with Crippen LogP contribution >= 0.6 is 12.2 Å². The molecule has 0 saturated heterocycles. The van der Waals surface area contributed by atoms with Gasteiger partial charge in [-0.1, -0.05) is 46.6 Å². The monoisotopic (exact) mass is 331 g/mol. The van der Waals surface area contributed by atoms with Crippen LogP contribution in [0.3, 0.4) is 0 Å². The molecule has 0 fully saturated rings. The highest BCUT2D eigenvalue weighted by Gasteiger charge is 1.93. The minimum Gasteiger partial charge on any atom is -0.228 e. The largest absolute Gasteiger partial charge is 0.228 e. The predicted molar refractivity (Wildman–Crippen MR) is 108 cm³/mol. The van der Waals surface area contributed by atoms with Crippen LogP contribution in [0.1, 0.15) is 73.1 Å². The number of hydrogen-bond donors (Lipinski definition) is 0. The Balaban J connectivity index is 4.00. The highest BCUT2D eigenvalue weighted by Crippen LogP contribution is 2.13. The first-order chi connectivity index (χ1) is 11.0. The van der Waals surface area contributed by atoms with E-state index in [0.717, 1.165) is 25.7 Å². The Morgan fingerprint density at radius 2 is 1.17 bits per heavy atom. The van der Waals surface area contributed by atoms with E-state index in [1.54, 1.807) is 0 Å². The second-order valence-electron chi connectivity index (χ2n) is 6.48. The van der Waals surface area contributed by atoms with Crippen molar-refractivity contribution in [1.29, 1.82) is 0 Å². The molecular weight excluding hydrogens is 298 g/mol. The standard InChI is InChI=1S/C21H33NS/c1-18(2)9-6-10-19(3)11-7-12-20(4)13-8-14-21(5)15-16-22-17-23/h9,11,13,15H,6-8,10,12,14,16H2,1-5H3/b19-11+,20-13+,21-15+. The van der Waals surface area contributed by atoms with Gasteiger partial charge >= 0.3 is 0 Å². The average Bonchev–Trinajstić information content (AvgIpc) is 2.47. The van der Waals surface area contributed by atoms with Crippen LogP contribution in [-0.2, 0) is 0 Å². The van der Waals surface area contributed by atoms with Crippen LogP contribution in [0.25, 0.3) is 0 Å². The SMILES string of the molecule is CC(C)=CCC/C(C)=C/CC/C(C)=C/CC/C(C)=C/CN=C=S. The highest BCUT2D eigenvalue weighted by molar-refractivity contribution is 7.78. The van der Waals surface area contributed by atoms with E-state index in [1.165, 1.54) is 35.1 Å². The first-order valence-electron chi connectivity index (χ1n) is 8.59. The van der Waals surface area contributed by atoms with E-state index < -0.39 is 0 Å². The van der Waals surface area contributed by atoms with E-state index in [1.807, 2.05) is 0 Å². The Kier molecular flexibility index (Phi) is 13.6. The Labute approximate surface area is 149 Å². The van der Waals surface area contributed by atoms with Gasteiger partial charge in [-0.05, 0) is 85.4 Å². The zero-order valence-corrected chi connectivity index (χ0v) is 16.4. The molecule has 0 unspecified atom stereocenters. The van der Waals surface area contributed by atoms with Crippen molar-refractivity contribution in [2.24, 2.45) is 4.99 Å². The summed E-state index contributed by atoms with van der Waals surface area (Å²) in [5, 5.41) is 2.39. The Morgan fingerprint density at radius 3 is 1.61 bits per heavy atom. The molecule has 0 radical (unpaired) electrons. The summed E-state index contributed by atoms with van der Waals surface area (Å²) in [6.45, 7) is 11.6. The zero-order valence-electron chi connectivity index (χ0n) is 15.6. The molecule has 0 spiro atoms. The molecule has 0 aliphatic rings. The molecule has 128 valence electrons. The molecule has 23 heavy (non-hydrogen) atoms.